The number of nitrogens with zero attached hydrogens (tertiary/aromatic N) is 1. The summed E-state index contributed by atoms with van der Waals surface area (Å²) in [6, 6.07) is 11.4. The Morgan fingerprint density at radius 1 is 1.29 bits per heavy atom. The quantitative estimate of drug-likeness (QED) is 0.862. The van der Waals surface area contributed by atoms with Gasteiger partial charge in [-0.3, -0.25) is 4.90 Å². The van der Waals surface area contributed by atoms with E-state index in [0.29, 0.717) is 11.6 Å². The van der Waals surface area contributed by atoms with Gasteiger partial charge in [-0.15, -0.1) is 0 Å². The molecule has 1 aliphatic rings. The predicted octanol–water partition coefficient (Wildman–Crippen LogP) is 2.65. The lowest BCUT2D eigenvalue weighted by atomic mass is 9.87. The molecule has 1 atom stereocenters. The normalized spacial score (nSPS) is 24.8. The predicted molar refractivity (Wildman–Crippen MR) is 73.0 cm³/mol. The van der Waals surface area contributed by atoms with Gasteiger partial charge in [-0.25, -0.2) is 0 Å². The molecule has 0 aliphatic carbocycles. The lowest BCUT2D eigenvalue weighted by molar-refractivity contribution is 0.0519. The van der Waals surface area contributed by atoms with Gasteiger partial charge >= 0.3 is 0 Å². The van der Waals surface area contributed by atoms with Crippen LogP contribution in [0.25, 0.3) is 0 Å². The van der Waals surface area contributed by atoms with Crippen molar-refractivity contribution < 1.29 is 0 Å². The highest BCUT2D eigenvalue weighted by molar-refractivity contribution is 5.15. The molecule has 1 fully saturated rings. The molecule has 0 saturated carbocycles. The van der Waals surface area contributed by atoms with Crippen LogP contribution in [0.1, 0.15) is 32.3 Å². The highest BCUT2D eigenvalue weighted by atomic mass is 15.2. The zero-order chi connectivity index (χ0) is 12.3. The first-order chi connectivity index (χ1) is 8.12. The van der Waals surface area contributed by atoms with E-state index in [4.69, 9.17) is 0 Å². The maximum absolute atomic E-state index is 3.42. The van der Waals surface area contributed by atoms with Gasteiger partial charge in [0, 0.05) is 24.7 Å². The topological polar surface area (TPSA) is 15.3 Å². The summed E-state index contributed by atoms with van der Waals surface area (Å²) in [6.07, 6.45) is 2.56. The number of rotatable bonds is 3. The van der Waals surface area contributed by atoms with Gasteiger partial charge in [0.2, 0.25) is 0 Å². The fourth-order valence-corrected chi connectivity index (χ4v) is 2.61. The Balaban J connectivity index is 2.06. The van der Waals surface area contributed by atoms with Crippen molar-refractivity contribution in [2.75, 3.05) is 13.6 Å². The Kier molecular flexibility index (Phi) is 3.85. The molecule has 1 aromatic carbocycles. The molecule has 2 rings (SSSR count). The van der Waals surface area contributed by atoms with Crippen LogP contribution in [0.5, 0.6) is 0 Å². The lowest BCUT2D eigenvalue weighted by Crippen LogP contribution is -2.54. The Morgan fingerprint density at radius 3 is 2.65 bits per heavy atom. The molecule has 17 heavy (non-hydrogen) atoms. The molecule has 2 heteroatoms. The third kappa shape index (κ3) is 3.08. The lowest BCUT2D eigenvalue weighted by Gasteiger charge is -2.45. The number of benzene rings is 1. The largest absolute Gasteiger partial charge is 0.316 e. The summed E-state index contributed by atoms with van der Waals surface area (Å²) in [5.41, 5.74) is 1.74. The van der Waals surface area contributed by atoms with Crippen LogP contribution in [0.4, 0.5) is 0 Å². The highest BCUT2D eigenvalue weighted by Crippen LogP contribution is 2.28. The van der Waals surface area contributed by atoms with Gasteiger partial charge in [-0.2, -0.15) is 0 Å². The molecule has 0 amide bonds. The van der Waals surface area contributed by atoms with Crippen molar-refractivity contribution in [1.82, 2.24) is 10.2 Å². The summed E-state index contributed by atoms with van der Waals surface area (Å²) in [4.78, 5) is 2.60. The minimum atomic E-state index is 0.323. The standard InChI is InChI=1S/C15H24N2/c1-15(2)10-9-14(16-3)12-17(15)11-13-7-5-4-6-8-13/h4-8,14,16H,9-12H2,1-3H3. The summed E-state index contributed by atoms with van der Waals surface area (Å²) in [5, 5.41) is 3.42. The second kappa shape index (κ2) is 5.19. The van der Waals surface area contributed by atoms with Crippen molar-refractivity contribution in [2.45, 2.75) is 44.8 Å². The number of nitrogens with one attached hydrogen (secondary N) is 1. The second-order valence-corrected chi connectivity index (χ2v) is 5.70. The smallest absolute Gasteiger partial charge is 0.0239 e. The maximum Gasteiger partial charge on any atom is 0.0239 e. The molecule has 0 spiro atoms. The molecular weight excluding hydrogens is 208 g/mol. The monoisotopic (exact) mass is 232 g/mol. The average molecular weight is 232 g/mol. The molecule has 1 N–H and O–H groups in total. The summed E-state index contributed by atoms with van der Waals surface area (Å²) >= 11 is 0. The summed E-state index contributed by atoms with van der Waals surface area (Å²) in [5.74, 6) is 0. The van der Waals surface area contributed by atoms with Gasteiger partial charge in [0.25, 0.3) is 0 Å². The zero-order valence-electron chi connectivity index (χ0n) is 11.2. The van der Waals surface area contributed by atoms with Crippen LogP contribution in [-0.4, -0.2) is 30.1 Å². The van der Waals surface area contributed by atoms with Crippen molar-refractivity contribution in [3.05, 3.63) is 35.9 Å². The summed E-state index contributed by atoms with van der Waals surface area (Å²) < 4.78 is 0. The van der Waals surface area contributed by atoms with Gasteiger partial charge in [0.1, 0.15) is 0 Å². The van der Waals surface area contributed by atoms with E-state index >= 15 is 0 Å². The minimum Gasteiger partial charge on any atom is -0.316 e. The molecule has 1 unspecified atom stereocenters. The summed E-state index contributed by atoms with van der Waals surface area (Å²) in [7, 11) is 2.07. The van der Waals surface area contributed by atoms with E-state index in [2.05, 4.69) is 61.4 Å². The van der Waals surface area contributed by atoms with E-state index in [1.165, 1.54) is 18.4 Å². The van der Waals surface area contributed by atoms with Crippen molar-refractivity contribution in [1.29, 1.82) is 0 Å². The molecule has 1 heterocycles. The van der Waals surface area contributed by atoms with E-state index in [1.54, 1.807) is 0 Å². The Morgan fingerprint density at radius 2 is 2.00 bits per heavy atom. The van der Waals surface area contributed by atoms with Gasteiger partial charge in [0.05, 0.1) is 0 Å². The van der Waals surface area contributed by atoms with Gasteiger partial charge in [-0.1, -0.05) is 30.3 Å². The van der Waals surface area contributed by atoms with Crippen molar-refractivity contribution >= 4 is 0 Å². The van der Waals surface area contributed by atoms with E-state index in [9.17, 15) is 0 Å². The molecule has 94 valence electrons. The summed E-state index contributed by atoms with van der Waals surface area (Å²) in [6.45, 7) is 6.94. The van der Waals surface area contributed by atoms with Gasteiger partial charge < -0.3 is 5.32 Å². The van der Waals surface area contributed by atoms with E-state index in [-0.39, 0.29) is 0 Å². The number of likely N-dealkylation sites (N-methyl/N-ethyl adjacent to an activating group) is 1. The van der Waals surface area contributed by atoms with E-state index in [0.717, 1.165) is 13.1 Å². The van der Waals surface area contributed by atoms with E-state index in [1.807, 2.05) is 0 Å². The number of hydrogen-bond acceptors (Lipinski definition) is 2. The van der Waals surface area contributed by atoms with Gasteiger partial charge in [0.15, 0.2) is 0 Å². The first kappa shape index (κ1) is 12.6. The van der Waals surface area contributed by atoms with E-state index < -0.39 is 0 Å². The van der Waals surface area contributed by atoms with Crippen molar-refractivity contribution in [3.8, 4) is 0 Å². The fraction of sp³-hybridized carbons (Fsp3) is 0.600. The molecule has 2 nitrogen and oxygen atoms in total. The SMILES string of the molecule is CNC1CCC(C)(C)N(Cc2ccccc2)C1. The molecule has 1 saturated heterocycles. The number of piperidine rings is 1. The maximum atomic E-state index is 3.42. The molecular formula is C15H24N2. The third-order valence-electron chi connectivity index (χ3n) is 4.03. The fourth-order valence-electron chi connectivity index (χ4n) is 2.61. The van der Waals surface area contributed by atoms with Crippen LogP contribution in [0.3, 0.4) is 0 Å². The molecule has 1 aliphatic heterocycles. The second-order valence-electron chi connectivity index (χ2n) is 5.70. The first-order valence-corrected chi connectivity index (χ1v) is 6.58. The zero-order valence-corrected chi connectivity index (χ0v) is 11.2. The number of likely N-dealkylation sites (tertiary alicyclic amines) is 1. The van der Waals surface area contributed by atoms with Crippen LogP contribution in [0.2, 0.25) is 0 Å². The molecule has 0 aromatic heterocycles. The Labute approximate surface area is 105 Å². The Hall–Kier alpha value is -0.860. The molecule has 1 aromatic rings. The van der Waals surface area contributed by atoms with Crippen LogP contribution >= 0.6 is 0 Å². The van der Waals surface area contributed by atoms with Crippen molar-refractivity contribution in [2.24, 2.45) is 0 Å². The average Bonchev–Trinajstić information content (AvgIpc) is 2.33. The van der Waals surface area contributed by atoms with Crippen molar-refractivity contribution in [3.63, 3.8) is 0 Å². The highest BCUT2D eigenvalue weighted by Gasteiger charge is 2.33. The number of hydrogen-bond donors (Lipinski definition) is 1. The van der Waals surface area contributed by atoms with Crippen LogP contribution in [0.15, 0.2) is 30.3 Å². The van der Waals surface area contributed by atoms with Crippen LogP contribution in [0, 0.1) is 0 Å². The van der Waals surface area contributed by atoms with Crippen LogP contribution < -0.4 is 5.32 Å². The van der Waals surface area contributed by atoms with Crippen LogP contribution in [-0.2, 0) is 6.54 Å². The minimum absolute atomic E-state index is 0.323. The Bertz CT molecular complexity index is 345. The first-order valence-electron chi connectivity index (χ1n) is 6.58. The molecule has 0 bridgehead atoms. The third-order valence-corrected chi connectivity index (χ3v) is 4.03. The van der Waals surface area contributed by atoms with Gasteiger partial charge in [-0.05, 0) is 39.3 Å². The molecule has 0 radical (unpaired) electrons.